The Hall–Kier alpha value is -0.830. The number of aromatic nitrogens is 2. The molecule has 0 bridgehead atoms. The number of hydrogen-bond donors (Lipinski definition) is 1. The fraction of sp³-hybridized carbons (Fsp3) is 0.786. The number of aliphatic hydroxyl groups is 1. The summed E-state index contributed by atoms with van der Waals surface area (Å²) in [4.78, 5) is 0. The molecule has 1 N–H and O–H groups in total. The molecule has 0 aliphatic carbocycles. The van der Waals surface area contributed by atoms with Gasteiger partial charge in [0, 0.05) is 12.7 Å². The van der Waals surface area contributed by atoms with Gasteiger partial charge in [-0.15, -0.1) is 0 Å². The predicted molar refractivity (Wildman–Crippen MR) is 70.8 cm³/mol. The molecule has 2 atom stereocenters. The fourth-order valence-electron chi connectivity index (χ4n) is 2.31. The lowest BCUT2D eigenvalue weighted by Gasteiger charge is -2.19. The Morgan fingerprint density at radius 1 is 1.35 bits per heavy atom. The van der Waals surface area contributed by atoms with Crippen molar-refractivity contribution in [2.24, 2.45) is 5.92 Å². The first kappa shape index (κ1) is 14.2. The molecule has 1 aromatic heterocycles. The molecule has 0 aliphatic heterocycles. The number of aliphatic hydroxyl groups excluding tert-OH is 1. The van der Waals surface area contributed by atoms with E-state index in [2.05, 4.69) is 25.9 Å². The van der Waals surface area contributed by atoms with Gasteiger partial charge in [-0.05, 0) is 25.3 Å². The molecule has 0 aromatic carbocycles. The lowest BCUT2D eigenvalue weighted by molar-refractivity contribution is 0.129. The molecule has 1 heterocycles. The predicted octanol–water partition coefficient (Wildman–Crippen LogP) is 3.54. The van der Waals surface area contributed by atoms with Gasteiger partial charge < -0.3 is 5.11 Å². The highest BCUT2D eigenvalue weighted by Crippen LogP contribution is 2.26. The Labute approximate surface area is 105 Å². The highest BCUT2D eigenvalue weighted by atomic mass is 16.3. The Balaban J connectivity index is 2.54. The van der Waals surface area contributed by atoms with Crippen LogP contribution in [0.2, 0.25) is 0 Å². The zero-order valence-corrected chi connectivity index (χ0v) is 11.4. The molecule has 1 rings (SSSR count). The lowest BCUT2D eigenvalue weighted by Crippen LogP contribution is -2.12. The van der Waals surface area contributed by atoms with Crippen LogP contribution in [0.1, 0.15) is 64.7 Å². The van der Waals surface area contributed by atoms with Gasteiger partial charge in [-0.2, -0.15) is 5.10 Å². The highest BCUT2D eigenvalue weighted by Gasteiger charge is 2.17. The molecule has 2 unspecified atom stereocenters. The zero-order chi connectivity index (χ0) is 12.7. The maximum atomic E-state index is 10.3. The van der Waals surface area contributed by atoms with E-state index in [4.69, 9.17) is 0 Å². The molecule has 1 aromatic rings. The molecule has 0 saturated carbocycles. The van der Waals surface area contributed by atoms with E-state index in [1.807, 2.05) is 10.7 Å². The molecule has 0 saturated heterocycles. The van der Waals surface area contributed by atoms with Gasteiger partial charge >= 0.3 is 0 Å². The van der Waals surface area contributed by atoms with Crippen molar-refractivity contribution in [3.05, 3.63) is 18.0 Å². The summed E-state index contributed by atoms with van der Waals surface area (Å²) in [6, 6.07) is 1.93. The average molecular weight is 238 g/mol. The van der Waals surface area contributed by atoms with Crippen molar-refractivity contribution in [2.75, 3.05) is 0 Å². The first-order valence-electron chi connectivity index (χ1n) is 6.92. The number of unbranched alkanes of at least 4 members (excludes halogenated alkanes) is 1. The van der Waals surface area contributed by atoms with Crippen molar-refractivity contribution >= 4 is 0 Å². The van der Waals surface area contributed by atoms with E-state index in [1.165, 1.54) is 19.3 Å². The Kier molecular flexibility index (Phi) is 6.27. The second-order valence-corrected chi connectivity index (χ2v) is 4.74. The Bertz CT molecular complexity index is 309. The van der Waals surface area contributed by atoms with Gasteiger partial charge in [0.2, 0.25) is 0 Å². The summed E-state index contributed by atoms with van der Waals surface area (Å²) in [6.07, 6.45) is 7.15. The summed E-state index contributed by atoms with van der Waals surface area (Å²) in [7, 11) is 0. The quantitative estimate of drug-likeness (QED) is 0.752. The van der Waals surface area contributed by atoms with Gasteiger partial charge in [0.25, 0.3) is 0 Å². The molecule has 0 amide bonds. The second kappa shape index (κ2) is 7.49. The third-order valence-corrected chi connectivity index (χ3v) is 3.49. The van der Waals surface area contributed by atoms with Gasteiger partial charge in [0.05, 0.1) is 11.8 Å². The van der Waals surface area contributed by atoms with E-state index in [1.54, 1.807) is 6.20 Å². The minimum atomic E-state index is -0.362. The monoisotopic (exact) mass is 238 g/mol. The third-order valence-electron chi connectivity index (χ3n) is 3.49. The molecule has 0 fully saturated rings. The van der Waals surface area contributed by atoms with Crippen LogP contribution in [-0.4, -0.2) is 14.9 Å². The number of rotatable bonds is 8. The van der Waals surface area contributed by atoms with Gasteiger partial charge in [0.15, 0.2) is 0 Å². The largest absolute Gasteiger partial charge is 0.387 e. The molecule has 0 spiro atoms. The summed E-state index contributed by atoms with van der Waals surface area (Å²) in [5.74, 6) is 0.630. The lowest BCUT2D eigenvalue weighted by atomic mass is 9.92. The molecular weight excluding hydrogens is 212 g/mol. The molecule has 3 nitrogen and oxygen atoms in total. The summed E-state index contributed by atoms with van der Waals surface area (Å²) < 4.78 is 1.89. The number of hydrogen-bond acceptors (Lipinski definition) is 2. The first-order chi connectivity index (χ1) is 8.22. The summed E-state index contributed by atoms with van der Waals surface area (Å²) in [6.45, 7) is 7.31. The normalized spacial score (nSPS) is 14.8. The van der Waals surface area contributed by atoms with Crippen LogP contribution in [0.25, 0.3) is 0 Å². The number of aryl methyl sites for hydroxylation is 1. The minimum Gasteiger partial charge on any atom is -0.387 e. The highest BCUT2D eigenvalue weighted by molar-refractivity contribution is 5.04. The van der Waals surface area contributed by atoms with Crippen LogP contribution in [0.4, 0.5) is 0 Å². The van der Waals surface area contributed by atoms with Crippen LogP contribution in [0.5, 0.6) is 0 Å². The molecule has 3 heteroatoms. The van der Waals surface area contributed by atoms with E-state index >= 15 is 0 Å². The van der Waals surface area contributed by atoms with Gasteiger partial charge in [-0.3, -0.25) is 4.68 Å². The minimum absolute atomic E-state index is 0.362. The fourth-order valence-corrected chi connectivity index (χ4v) is 2.31. The summed E-state index contributed by atoms with van der Waals surface area (Å²) in [5.41, 5.74) is 0.961. The average Bonchev–Trinajstić information content (AvgIpc) is 2.82. The zero-order valence-electron chi connectivity index (χ0n) is 11.4. The molecule has 98 valence electrons. The molecule has 0 aliphatic rings. The van der Waals surface area contributed by atoms with Crippen molar-refractivity contribution < 1.29 is 5.11 Å². The standard InChI is InChI=1S/C14H26N2O/c1-4-7-8-12(5-2)11-14(17)13-9-10-15-16(13)6-3/h9-10,12,14,17H,4-8,11H2,1-3H3. The maximum Gasteiger partial charge on any atom is 0.0959 e. The van der Waals surface area contributed by atoms with E-state index in [9.17, 15) is 5.11 Å². The Morgan fingerprint density at radius 3 is 2.71 bits per heavy atom. The smallest absolute Gasteiger partial charge is 0.0959 e. The van der Waals surface area contributed by atoms with Crippen LogP contribution in [0.3, 0.4) is 0 Å². The van der Waals surface area contributed by atoms with Crippen molar-refractivity contribution in [3.63, 3.8) is 0 Å². The van der Waals surface area contributed by atoms with Crippen molar-refractivity contribution in [2.45, 2.75) is 65.5 Å². The molecule has 17 heavy (non-hydrogen) atoms. The van der Waals surface area contributed by atoms with E-state index in [0.717, 1.165) is 25.1 Å². The summed E-state index contributed by atoms with van der Waals surface area (Å²) >= 11 is 0. The van der Waals surface area contributed by atoms with Crippen LogP contribution in [0, 0.1) is 5.92 Å². The third kappa shape index (κ3) is 4.15. The van der Waals surface area contributed by atoms with Crippen molar-refractivity contribution in [1.29, 1.82) is 0 Å². The van der Waals surface area contributed by atoms with E-state index in [0.29, 0.717) is 5.92 Å². The van der Waals surface area contributed by atoms with E-state index < -0.39 is 0 Å². The topological polar surface area (TPSA) is 38.1 Å². The van der Waals surface area contributed by atoms with Crippen molar-refractivity contribution in [1.82, 2.24) is 9.78 Å². The van der Waals surface area contributed by atoms with Crippen LogP contribution in [-0.2, 0) is 6.54 Å². The SMILES string of the molecule is CCCCC(CC)CC(O)c1ccnn1CC. The molecular formula is C14H26N2O. The van der Waals surface area contributed by atoms with Gasteiger partial charge in [-0.25, -0.2) is 0 Å². The maximum absolute atomic E-state index is 10.3. The van der Waals surface area contributed by atoms with Crippen LogP contribution >= 0.6 is 0 Å². The van der Waals surface area contributed by atoms with Crippen LogP contribution < -0.4 is 0 Å². The van der Waals surface area contributed by atoms with E-state index in [-0.39, 0.29) is 6.10 Å². The van der Waals surface area contributed by atoms with Gasteiger partial charge in [0.1, 0.15) is 0 Å². The second-order valence-electron chi connectivity index (χ2n) is 4.74. The van der Waals surface area contributed by atoms with Crippen LogP contribution in [0.15, 0.2) is 12.3 Å². The van der Waals surface area contributed by atoms with Crippen molar-refractivity contribution in [3.8, 4) is 0 Å². The Morgan fingerprint density at radius 2 is 2.12 bits per heavy atom. The van der Waals surface area contributed by atoms with Gasteiger partial charge in [-0.1, -0.05) is 39.5 Å². The molecule has 0 radical (unpaired) electrons. The summed E-state index contributed by atoms with van der Waals surface area (Å²) in [5, 5.41) is 14.5. The number of nitrogens with zero attached hydrogens (tertiary/aromatic N) is 2. The first-order valence-corrected chi connectivity index (χ1v) is 6.92.